The Hall–Kier alpha value is -0.910. The van der Waals surface area contributed by atoms with E-state index < -0.39 is 10.0 Å². The number of sulfonamides is 1. The summed E-state index contributed by atoms with van der Waals surface area (Å²) < 4.78 is 27.2. The second-order valence-electron chi connectivity index (χ2n) is 5.18. The van der Waals surface area contributed by atoms with E-state index in [1.54, 1.807) is 10.4 Å². The van der Waals surface area contributed by atoms with Crippen LogP contribution in [-0.4, -0.2) is 25.3 Å². The Morgan fingerprint density at radius 2 is 1.95 bits per heavy atom. The summed E-state index contributed by atoms with van der Waals surface area (Å²) in [5.41, 5.74) is 8.33. The maximum absolute atomic E-state index is 12.8. The second-order valence-corrected chi connectivity index (χ2v) is 7.04. The monoisotopic (exact) mass is 282 g/mol. The largest absolute Gasteiger partial charge is 0.326 e. The van der Waals surface area contributed by atoms with Gasteiger partial charge in [-0.3, -0.25) is 0 Å². The van der Waals surface area contributed by atoms with Gasteiger partial charge in [0.15, 0.2) is 0 Å². The van der Waals surface area contributed by atoms with Gasteiger partial charge in [-0.2, -0.15) is 4.31 Å². The maximum Gasteiger partial charge on any atom is 0.243 e. The lowest BCUT2D eigenvalue weighted by Crippen LogP contribution is -2.33. The third-order valence-corrected chi connectivity index (χ3v) is 5.92. The lowest BCUT2D eigenvalue weighted by Gasteiger charge is -2.22. The highest BCUT2D eigenvalue weighted by Gasteiger charge is 2.37. The number of hydrogen-bond acceptors (Lipinski definition) is 3. The molecule has 0 amide bonds. The van der Waals surface area contributed by atoms with Crippen LogP contribution in [0.1, 0.15) is 36.5 Å². The summed E-state index contributed by atoms with van der Waals surface area (Å²) in [6.45, 7) is 6.58. The normalized spacial score (nSPS) is 16.1. The quantitative estimate of drug-likeness (QED) is 0.897. The molecule has 2 N–H and O–H groups in total. The van der Waals surface area contributed by atoms with Crippen molar-refractivity contribution < 1.29 is 8.42 Å². The van der Waals surface area contributed by atoms with Gasteiger partial charge in [0.1, 0.15) is 0 Å². The smallest absolute Gasteiger partial charge is 0.243 e. The summed E-state index contributed by atoms with van der Waals surface area (Å²) in [4.78, 5) is 0.418. The highest BCUT2D eigenvalue weighted by Crippen LogP contribution is 2.33. The van der Waals surface area contributed by atoms with E-state index in [1.165, 1.54) is 0 Å². The van der Waals surface area contributed by atoms with Gasteiger partial charge < -0.3 is 5.73 Å². The molecule has 0 radical (unpaired) electrons. The second kappa shape index (κ2) is 5.23. The van der Waals surface area contributed by atoms with Crippen LogP contribution < -0.4 is 5.73 Å². The molecular formula is C14H22N2O2S. The van der Waals surface area contributed by atoms with Crippen molar-refractivity contribution in [3.8, 4) is 0 Å². The van der Waals surface area contributed by atoms with E-state index in [0.29, 0.717) is 18.0 Å². The zero-order chi connectivity index (χ0) is 14.2. The predicted octanol–water partition coefficient (Wildman–Crippen LogP) is 1.94. The van der Waals surface area contributed by atoms with E-state index in [-0.39, 0.29) is 6.04 Å². The number of benzene rings is 1. The van der Waals surface area contributed by atoms with Gasteiger partial charge in [-0.05, 0) is 49.4 Å². The van der Waals surface area contributed by atoms with Gasteiger partial charge in [0, 0.05) is 19.1 Å². The van der Waals surface area contributed by atoms with E-state index in [0.717, 1.165) is 29.5 Å². The van der Waals surface area contributed by atoms with Gasteiger partial charge in [-0.25, -0.2) is 8.42 Å². The molecule has 0 aromatic heterocycles. The summed E-state index contributed by atoms with van der Waals surface area (Å²) in [5.74, 6) is 0. The summed E-state index contributed by atoms with van der Waals surface area (Å²) in [6, 6.07) is 3.88. The molecule has 2 rings (SSSR count). The highest BCUT2D eigenvalue weighted by atomic mass is 32.2. The van der Waals surface area contributed by atoms with Crippen LogP contribution in [0.4, 0.5) is 0 Å². The molecule has 0 saturated heterocycles. The Balaban J connectivity index is 2.53. The fourth-order valence-corrected chi connectivity index (χ4v) is 4.44. The van der Waals surface area contributed by atoms with Crippen LogP contribution in [0.15, 0.2) is 17.0 Å². The molecular weight excluding hydrogens is 260 g/mol. The number of hydrogen-bond donors (Lipinski definition) is 1. The zero-order valence-corrected chi connectivity index (χ0v) is 12.6. The molecule has 0 bridgehead atoms. The van der Waals surface area contributed by atoms with Crippen LogP contribution in [0.25, 0.3) is 0 Å². The van der Waals surface area contributed by atoms with Gasteiger partial charge in [-0.15, -0.1) is 0 Å². The van der Waals surface area contributed by atoms with Crippen molar-refractivity contribution >= 4 is 10.0 Å². The maximum atomic E-state index is 12.8. The van der Waals surface area contributed by atoms with Crippen molar-refractivity contribution in [3.63, 3.8) is 0 Å². The summed E-state index contributed by atoms with van der Waals surface area (Å²) in [7, 11) is -3.40. The van der Waals surface area contributed by atoms with Crippen LogP contribution >= 0.6 is 0 Å². The Morgan fingerprint density at radius 3 is 2.42 bits per heavy atom. The first-order valence-corrected chi connectivity index (χ1v) is 8.17. The Bertz CT molecular complexity index is 577. The van der Waals surface area contributed by atoms with Crippen LogP contribution in [0.3, 0.4) is 0 Å². The van der Waals surface area contributed by atoms with Crippen LogP contribution in [-0.2, 0) is 16.6 Å². The van der Waals surface area contributed by atoms with Gasteiger partial charge in [0.25, 0.3) is 0 Å². The fraction of sp³-hybridized carbons (Fsp3) is 0.571. The number of nitrogens with zero attached hydrogens (tertiary/aromatic N) is 1. The molecule has 0 aliphatic heterocycles. The Kier molecular flexibility index (Phi) is 3.99. The number of nitrogens with two attached hydrogens (primary N) is 1. The van der Waals surface area contributed by atoms with Crippen molar-refractivity contribution in [1.29, 1.82) is 0 Å². The minimum Gasteiger partial charge on any atom is -0.326 e. The lowest BCUT2D eigenvalue weighted by molar-refractivity contribution is 0.420. The molecule has 5 heteroatoms. The third-order valence-electron chi connectivity index (χ3n) is 3.77. The minimum absolute atomic E-state index is 0.191. The van der Waals surface area contributed by atoms with E-state index in [9.17, 15) is 8.42 Å². The van der Waals surface area contributed by atoms with Gasteiger partial charge in [0.05, 0.1) is 4.90 Å². The predicted molar refractivity (Wildman–Crippen MR) is 76.4 cm³/mol. The van der Waals surface area contributed by atoms with Gasteiger partial charge in [-0.1, -0.05) is 13.0 Å². The molecule has 1 saturated carbocycles. The standard InChI is InChI=1S/C14H22N2O2S/c1-4-16(13-5-6-13)19(17,18)14-8-12(9-15)7-10(2)11(14)3/h7-8,13H,4-6,9,15H2,1-3H3. The molecule has 0 spiro atoms. The van der Waals surface area contributed by atoms with E-state index >= 15 is 0 Å². The first-order chi connectivity index (χ1) is 8.91. The van der Waals surface area contributed by atoms with Crippen molar-refractivity contribution in [3.05, 3.63) is 28.8 Å². The molecule has 1 aromatic rings. The first-order valence-electron chi connectivity index (χ1n) is 6.73. The third kappa shape index (κ3) is 2.68. The molecule has 1 aliphatic carbocycles. The Labute approximate surface area is 115 Å². The van der Waals surface area contributed by atoms with Crippen LogP contribution in [0.5, 0.6) is 0 Å². The van der Waals surface area contributed by atoms with Gasteiger partial charge >= 0.3 is 0 Å². The SMILES string of the molecule is CCN(C1CC1)S(=O)(=O)c1cc(CN)cc(C)c1C. The zero-order valence-electron chi connectivity index (χ0n) is 11.8. The highest BCUT2D eigenvalue weighted by molar-refractivity contribution is 7.89. The van der Waals surface area contributed by atoms with E-state index in [2.05, 4.69) is 0 Å². The van der Waals surface area contributed by atoms with E-state index in [1.807, 2.05) is 26.8 Å². The molecule has 1 aliphatic rings. The molecule has 106 valence electrons. The summed E-state index contributed by atoms with van der Waals surface area (Å²) >= 11 is 0. The number of rotatable bonds is 5. The van der Waals surface area contributed by atoms with Crippen molar-refractivity contribution in [2.45, 2.75) is 51.1 Å². The van der Waals surface area contributed by atoms with Crippen molar-refractivity contribution in [1.82, 2.24) is 4.31 Å². The lowest BCUT2D eigenvalue weighted by atomic mass is 10.1. The van der Waals surface area contributed by atoms with Crippen LogP contribution in [0.2, 0.25) is 0 Å². The topological polar surface area (TPSA) is 63.4 Å². The Morgan fingerprint density at radius 1 is 1.32 bits per heavy atom. The average Bonchev–Trinajstić information content (AvgIpc) is 3.17. The number of aryl methyl sites for hydroxylation is 1. The van der Waals surface area contributed by atoms with Crippen molar-refractivity contribution in [2.24, 2.45) is 5.73 Å². The molecule has 1 fully saturated rings. The summed E-state index contributed by atoms with van der Waals surface area (Å²) in [6.07, 6.45) is 1.95. The molecule has 0 unspecified atom stereocenters. The van der Waals surface area contributed by atoms with Gasteiger partial charge in [0.2, 0.25) is 10.0 Å². The first kappa shape index (κ1) is 14.5. The van der Waals surface area contributed by atoms with Crippen LogP contribution in [0, 0.1) is 13.8 Å². The molecule has 0 heterocycles. The van der Waals surface area contributed by atoms with E-state index in [4.69, 9.17) is 5.73 Å². The molecule has 19 heavy (non-hydrogen) atoms. The fourth-order valence-electron chi connectivity index (χ4n) is 2.40. The average molecular weight is 282 g/mol. The molecule has 0 atom stereocenters. The van der Waals surface area contributed by atoms with Crippen molar-refractivity contribution in [2.75, 3.05) is 6.54 Å². The summed E-state index contributed by atoms with van der Waals surface area (Å²) in [5, 5.41) is 0. The molecule has 4 nitrogen and oxygen atoms in total. The molecule has 1 aromatic carbocycles. The minimum atomic E-state index is -3.40.